The molecule has 2 N–H and O–H groups in total. The summed E-state index contributed by atoms with van der Waals surface area (Å²) in [7, 11) is 0. The lowest BCUT2D eigenvalue weighted by molar-refractivity contribution is -0.136. The molecule has 0 saturated carbocycles. The molecule has 2 heterocycles. The summed E-state index contributed by atoms with van der Waals surface area (Å²) in [5.74, 6) is -1.09. The number of carbonyl (C=O) groups is 3. The average molecular weight is 441 g/mol. The van der Waals surface area contributed by atoms with E-state index in [0.29, 0.717) is 30.9 Å². The largest absolute Gasteiger partial charge is 0.348 e. The number of pyridine rings is 1. The number of hydrogen-bond donors (Lipinski definition) is 2. The van der Waals surface area contributed by atoms with Gasteiger partial charge >= 0.3 is 11.8 Å². The van der Waals surface area contributed by atoms with Gasteiger partial charge in [0, 0.05) is 31.5 Å². The molecule has 1 aromatic heterocycles. The molecule has 0 bridgehead atoms. The maximum absolute atomic E-state index is 12.8. The van der Waals surface area contributed by atoms with E-state index in [2.05, 4.69) is 15.6 Å². The van der Waals surface area contributed by atoms with E-state index < -0.39 is 11.8 Å². The van der Waals surface area contributed by atoms with Gasteiger partial charge in [-0.2, -0.15) is 0 Å². The van der Waals surface area contributed by atoms with E-state index >= 15 is 0 Å². The third-order valence-electron chi connectivity index (χ3n) is 5.62. The first-order chi connectivity index (χ1) is 14.9. The molecule has 0 aliphatic carbocycles. The van der Waals surface area contributed by atoms with Crippen molar-refractivity contribution in [2.24, 2.45) is 5.92 Å². The van der Waals surface area contributed by atoms with E-state index in [1.807, 2.05) is 43.2 Å². The Morgan fingerprint density at radius 2 is 1.84 bits per heavy atom. The fourth-order valence-corrected chi connectivity index (χ4v) is 4.09. The summed E-state index contributed by atoms with van der Waals surface area (Å²) in [5, 5.41) is 6.09. The average Bonchev–Trinajstić information content (AvgIpc) is 2.79. The van der Waals surface area contributed by atoms with Crippen molar-refractivity contribution < 1.29 is 14.4 Å². The molecule has 3 amide bonds. The Bertz CT molecular complexity index is 971. The number of rotatable bonds is 5. The van der Waals surface area contributed by atoms with Gasteiger partial charge in [-0.15, -0.1) is 11.8 Å². The lowest BCUT2D eigenvalue weighted by atomic mass is 9.96. The highest BCUT2D eigenvalue weighted by Crippen LogP contribution is 2.22. The maximum Gasteiger partial charge on any atom is 0.313 e. The Balaban J connectivity index is 1.45. The molecule has 2 aromatic rings. The molecule has 3 rings (SSSR count). The van der Waals surface area contributed by atoms with Gasteiger partial charge in [0.1, 0.15) is 5.03 Å². The number of carbonyl (C=O) groups excluding carboxylic acids is 3. The second-order valence-corrected chi connectivity index (χ2v) is 8.55. The van der Waals surface area contributed by atoms with Crippen molar-refractivity contribution in [1.82, 2.24) is 15.2 Å². The molecular formula is C23H28N4O3S. The molecule has 1 saturated heterocycles. The van der Waals surface area contributed by atoms with Crippen molar-refractivity contribution >= 4 is 35.2 Å². The Hall–Kier alpha value is -2.87. The van der Waals surface area contributed by atoms with Crippen molar-refractivity contribution in [3.05, 3.63) is 53.2 Å². The molecule has 0 atom stereocenters. The Labute approximate surface area is 187 Å². The van der Waals surface area contributed by atoms with Gasteiger partial charge in [0.25, 0.3) is 5.91 Å². The molecule has 31 heavy (non-hydrogen) atoms. The number of piperidine rings is 1. The zero-order chi connectivity index (χ0) is 22.4. The first kappa shape index (κ1) is 22.8. The van der Waals surface area contributed by atoms with Crippen LogP contribution >= 0.6 is 11.8 Å². The van der Waals surface area contributed by atoms with Gasteiger partial charge in [0.2, 0.25) is 0 Å². The molecule has 8 heteroatoms. The van der Waals surface area contributed by atoms with Crippen LogP contribution < -0.4 is 10.6 Å². The number of hydrogen-bond acceptors (Lipinski definition) is 5. The molecule has 0 radical (unpaired) electrons. The highest BCUT2D eigenvalue weighted by molar-refractivity contribution is 7.98. The number of benzene rings is 1. The monoisotopic (exact) mass is 440 g/mol. The van der Waals surface area contributed by atoms with Crippen LogP contribution in [-0.2, 0) is 9.59 Å². The Kier molecular flexibility index (Phi) is 7.68. The summed E-state index contributed by atoms with van der Waals surface area (Å²) < 4.78 is 0. The SMILES string of the molecule is CSc1ncccc1C(=O)N1CCC(CNC(=O)C(=O)Nc2ccc(C)c(C)c2)CC1. The van der Waals surface area contributed by atoms with E-state index in [9.17, 15) is 14.4 Å². The highest BCUT2D eigenvalue weighted by Gasteiger charge is 2.26. The molecule has 1 fully saturated rings. The zero-order valence-electron chi connectivity index (χ0n) is 18.1. The quantitative estimate of drug-likeness (QED) is 0.551. The normalized spacial score (nSPS) is 14.2. The Morgan fingerprint density at radius 3 is 2.52 bits per heavy atom. The van der Waals surface area contributed by atoms with Crippen LogP contribution in [0.3, 0.4) is 0 Å². The number of anilines is 1. The van der Waals surface area contributed by atoms with Crippen LogP contribution in [0, 0.1) is 19.8 Å². The lowest BCUT2D eigenvalue weighted by Crippen LogP contribution is -2.43. The topological polar surface area (TPSA) is 91.4 Å². The fourth-order valence-electron chi connectivity index (χ4n) is 3.55. The van der Waals surface area contributed by atoms with Crippen molar-refractivity contribution in [3.8, 4) is 0 Å². The number of aromatic nitrogens is 1. The van der Waals surface area contributed by atoms with Gasteiger partial charge in [-0.05, 0) is 74.3 Å². The smallest absolute Gasteiger partial charge is 0.313 e. The molecule has 164 valence electrons. The number of likely N-dealkylation sites (tertiary alicyclic amines) is 1. The minimum atomic E-state index is -0.669. The summed E-state index contributed by atoms with van der Waals surface area (Å²) >= 11 is 1.46. The Morgan fingerprint density at radius 1 is 1.10 bits per heavy atom. The summed E-state index contributed by atoms with van der Waals surface area (Å²) in [5.41, 5.74) is 3.41. The van der Waals surface area contributed by atoms with Crippen LogP contribution in [0.2, 0.25) is 0 Å². The zero-order valence-corrected chi connectivity index (χ0v) is 18.9. The summed E-state index contributed by atoms with van der Waals surface area (Å²) in [6.07, 6.45) is 5.15. The molecule has 0 unspecified atom stereocenters. The van der Waals surface area contributed by atoms with Crippen LogP contribution in [0.25, 0.3) is 0 Å². The van der Waals surface area contributed by atoms with Gasteiger partial charge in [-0.3, -0.25) is 14.4 Å². The third-order valence-corrected chi connectivity index (χ3v) is 6.33. The number of nitrogens with zero attached hydrogens (tertiary/aromatic N) is 2. The van der Waals surface area contributed by atoms with Crippen LogP contribution in [0.4, 0.5) is 5.69 Å². The van der Waals surface area contributed by atoms with Crippen molar-refractivity contribution in [3.63, 3.8) is 0 Å². The first-order valence-corrected chi connectivity index (χ1v) is 11.6. The molecule has 1 aliphatic rings. The van der Waals surface area contributed by atoms with Gasteiger partial charge in [-0.1, -0.05) is 6.07 Å². The summed E-state index contributed by atoms with van der Waals surface area (Å²) in [4.78, 5) is 43.2. The molecule has 7 nitrogen and oxygen atoms in total. The van der Waals surface area contributed by atoms with Gasteiger partial charge in [0.15, 0.2) is 0 Å². The van der Waals surface area contributed by atoms with Gasteiger partial charge < -0.3 is 15.5 Å². The predicted octanol–water partition coefficient (Wildman–Crippen LogP) is 3.03. The van der Waals surface area contributed by atoms with Crippen molar-refractivity contribution in [2.45, 2.75) is 31.7 Å². The van der Waals surface area contributed by atoms with Gasteiger partial charge in [-0.25, -0.2) is 4.98 Å². The van der Waals surface area contributed by atoms with E-state index in [-0.39, 0.29) is 11.8 Å². The minimum Gasteiger partial charge on any atom is -0.348 e. The number of aryl methyl sites for hydroxylation is 2. The van der Waals surface area contributed by atoms with E-state index in [0.717, 1.165) is 29.0 Å². The number of amides is 3. The van der Waals surface area contributed by atoms with Crippen molar-refractivity contribution in [1.29, 1.82) is 0 Å². The molecule has 0 spiro atoms. The predicted molar refractivity (Wildman–Crippen MR) is 122 cm³/mol. The van der Waals surface area contributed by atoms with E-state index in [4.69, 9.17) is 0 Å². The standard InChI is InChI=1S/C23H28N4O3S/c1-15-6-7-18(13-16(15)2)26-21(29)20(28)25-14-17-8-11-27(12-9-17)23(30)19-5-4-10-24-22(19)31-3/h4-7,10,13,17H,8-9,11-12,14H2,1-3H3,(H,25,28)(H,26,29). The fraction of sp³-hybridized carbons (Fsp3) is 0.391. The lowest BCUT2D eigenvalue weighted by Gasteiger charge is -2.32. The summed E-state index contributed by atoms with van der Waals surface area (Å²) in [6.45, 7) is 5.61. The maximum atomic E-state index is 12.8. The second-order valence-electron chi connectivity index (χ2n) is 7.76. The summed E-state index contributed by atoms with van der Waals surface area (Å²) in [6, 6.07) is 9.12. The molecular weight excluding hydrogens is 412 g/mol. The van der Waals surface area contributed by atoms with Crippen LogP contribution in [0.1, 0.15) is 34.3 Å². The van der Waals surface area contributed by atoms with Crippen molar-refractivity contribution in [2.75, 3.05) is 31.2 Å². The number of thioether (sulfide) groups is 1. The molecule has 1 aromatic carbocycles. The van der Waals surface area contributed by atoms with Gasteiger partial charge in [0.05, 0.1) is 5.56 Å². The van der Waals surface area contributed by atoms with Crippen LogP contribution in [-0.4, -0.2) is 53.5 Å². The highest BCUT2D eigenvalue weighted by atomic mass is 32.2. The molecule has 1 aliphatic heterocycles. The van der Waals surface area contributed by atoms with Crippen LogP contribution in [0.5, 0.6) is 0 Å². The van der Waals surface area contributed by atoms with Crippen LogP contribution in [0.15, 0.2) is 41.6 Å². The minimum absolute atomic E-state index is 0.00675. The first-order valence-electron chi connectivity index (χ1n) is 10.3. The van der Waals surface area contributed by atoms with E-state index in [1.54, 1.807) is 18.3 Å². The van der Waals surface area contributed by atoms with E-state index in [1.165, 1.54) is 11.8 Å². The third kappa shape index (κ3) is 5.85. The second kappa shape index (κ2) is 10.4. The number of nitrogens with one attached hydrogen (secondary N) is 2.